The fourth-order valence-corrected chi connectivity index (χ4v) is 6.58. The molecule has 180 valence electrons. The fraction of sp³-hybridized carbons (Fsp3) is 0.0811. The predicted octanol–water partition coefficient (Wildman–Crippen LogP) is 10.3. The van der Waals surface area contributed by atoms with Crippen molar-refractivity contribution in [2.75, 3.05) is 0 Å². The van der Waals surface area contributed by atoms with Crippen molar-refractivity contribution in [3.8, 4) is 56.0 Å². The van der Waals surface area contributed by atoms with Crippen LogP contribution in [0.15, 0.2) is 121 Å². The van der Waals surface area contributed by atoms with Gasteiger partial charge in [-0.15, -0.1) is 0 Å². The molecule has 0 fully saturated rings. The van der Waals surface area contributed by atoms with Gasteiger partial charge in [0.15, 0.2) is 0 Å². The van der Waals surface area contributed by atoms with Gasteiger partial charge < -0.3 is 4.74 Å². The lowest BCUT2D eigenvalue weighted by molar-refractivity contribution is 0.487. The third-order valence-electron chi connectivity index (χ3n) is 8.49. The minimum atomic E-state index is 0.00849. The molecule has 0 radical (unpaired) electrons. The third kappa shape index (κ3) is 2.93. The summed E-state index contributed by atoms with van der Waals surface area (Å²) in [6.07, 6.45) is 0. The monoisotopic (exact) mass is 486 g/mol. The summed E-state index contributed by atoms with van der Waals surface area (Å²) in [6.45, 7) is 4.67. The second kappa shape index (κ2) is 7.69. The molecule has 2 aliphatic rings. The molecule has 0 spiro atoms. The maximum Gasteiger partial charge on any atom is 0.135 e. The molecule has 6 aromatic rings. The summed E-state index contributed by atoms with van der Waals surface area (Å²) in [5, 5.41) is 2.40. The van der Waals surface area contributed by atoms with Crippen LogP contribution in [0.2, 0.25) is 0 Å². The SMILES string of the molecule is CC1(C)c2ccccc2-c2c(-c3ccc(-c4ccc5c(c4)-c4cccc6cccc(c46)O5)cc3)cccc21. The summed E-state index contributed by atoms with van der Waals surface area (Å²) in [5.74, 6) is 1.85. The third-order valence-corrected chi connectivity index (χ3v) is 8.49. The summed E-state index contributed by atoms with van der Waals surface area (Å²) in [4.78, 5) is 0. The topological polar surface area (TPSA) is 9.23 Å². The van der Waals surface area contributed by atoms with E-state index in [1.165, 1.54) is 60.8 Å². The molecule has 8 rings (SSSR count). The van der Waals surface area contributed by atoms with E-state index in [0.717, 1.165) is 17.1 Å². The Labute approximate surface area is 223 Å². The van der Waals surface area contributed by atoms with Gasteiger partial charge in [0.2, 0.25) is 0 Å². The van der Waals surface area contributed by atoms with E-state index in [1.54, 1.807) is 0 Å². The Morgan fingerprint density at radius 3 is 2.00 bits per heavy atom. The van der Waals surface area contributed by atoms with Gasteiger partial charge in [0.25, 0.3) is 0 Å². The average molecular weight is 487 g/mol. The molecule has 1 heterocycles. The molecular formula is C37H26O. The van der Waals surface area contributed by atoms with Crippen molar-refractivity contribution < 1.29 is 4.74 Å². The van der Waals surface area contributed by atoms with E-state index in [-0.39, 0.29) is 5.41 Å². The summed E-state index contributed by atoms with van der Waals surface area (Å²) in [5.41, 5.74) is 12.9. The first-order valence-corrected chi connectivity index (χ1v) is 13.3. The van der Waals surface area contributed by atoms with E-state index in [4.69, 9.17) is 4.74 Å². The molecule has 0 atom stereocenters. The van der Waals surface area contributed by atoms with Crippen molar-refractivity contribution in [1.29, 1.82) is 0 Å². The Morgan fingerprint density at radius 2 is 1.13 bits per heavy atom. The highest BCUT2D eigenvalue weighted by Gasteiger charge is 2.36. The van der Waals surface area contributed by atoms with Crippen LogP contribution in [0.1, 0.15) is 25.0 Å². The van der Waals surface area contributed by atoms with Crippen molar-refractivity contribution in [3.63, 3.8) is 0 Å². The highest BCUT2D eigenvalue weighted by Crippen LogP contribution is 2.52. The predicted molar refractivity (Wildman–Crippen MR) is 158 cm³/mol. The van der Waals surface area contributed by atoms with Gasteiger partial charge in [-0.2, -0.15) is 0 Å². The first kappa shape index (κ1) is 21.5. The van der Waals surface area contributed by atoms with Crippen LogP contribution in [-0.4, -0.2) is 0 Å². The normalized spacial score (nSPS) is 13.9. The molecule has 0 N–H and O–H groups in total. The van der Waals surface area contributed by atoms with Gasteiger partial charge in [0.1, 0.15) is 11.5 Å². The van der Waals surface area contributed by atoms with Crippen LogP contribution in [-0.2, 0) is 5.41 Å². The quantitative estimate of drug-likeness (QED) is 0.236. The fourth-order valence-electron chi connectivity index (χ4n) is 6.58. The van der Waals surface area contributed by atoms with E-state index < -0.39 is 0 Å². The lowest BCUT2D eigenvalue weighted by Gasteiger charge is -2.22. The molecule has 1 nitrogen and oxygen atoms in total. The molecule has 0 unspecified atom stereocenters. The number of hydrogen-bond acceptors (Lipinski definition) is 1. The minimum Gasteiger partial charge on any atom is -0.456 e. The lowest BCUT2D eigenvalue weighted by atomic mass is 9.82. The van der Waals surface area contributed by atoms with Gasteiger partial charge in [-0.05, 0) is 73.7 Å². The number of rotatable bonds is 2. The average Bonchev–Trinajstić information content (AvgIpc) is 3.20. The maximum atomic E-state index is 6.31. The molecule has 1 aliphatic heterocycles. The van der Waals surface area contributed by atoms with Gasteiger partial charge in [-0.25, -0.2) is 0 Å². The molecule has 1 aliphatic carbocycles. The number of hydrogen-bond donors (Lipinski definition) is 0. The Hall–Kier alpha value is -4.62. The first-order chi connectivity index (χ1) is 18.6. The lowest BCUT2D eigenvalue weighted by Crippen LogP contribution is -2.14. The first-order valence-electron chi connectivity index (χ1n) is 13.3. The number of benzene rings is 6. The highest BCUT2D eigenvalue weighted by atomic mass is 16.5. The Bertz CT molecular complexity index is 1900. The maximum absolute atomic E-state index is 6.31. The van der Waals surface area contributed by atoms with Crippen LogP contribution in [0, 0.1) is 0 Å². The molecule has 0 amide bonds. The zero-order chi connectivity index (χ0) is 25.4. The zero-order valence-electron chi connectivity index (χ0n) is 21.5. The van der Waals surface area contributed by atoms with E-state index >= 15 is 0 Å². The van der Waals surface area contributed by atoms with E-state index in [1.807, 2.05) is 0 Å². The highest BCUT2D eigenvalue weighted by molar-refractivity contribution is 6.04. The van der Waals surface area contributed by atoms with Crippen molar-refractivity contribution >= 4 is 10.8 Å². The molecule has 38 heavy (non-hydrogen) atoms. The van der Waals surface area contributed by atoms with Crippen LogP contribution in [0.4, 0.5) is 0 Å². The van der Waals surface area contributed by atoms with Crippen LogP contribution in [0.25, 0.3) is 55.3 Å². The summed E-state index contributed by atoms with van der Waals surface area (Å²) in [7, 11) is 0. The van der Waals surface area contributed by atoms with Crippen LogP contribution >= 0.6 is 0 Å². The van der Waals surface area contributed by atoms with Gasteiger partial charge in [-0.1, -0.05) is 117 Å². The standard InChI is InChI=1S/C37H26O/c1-37(2)31-13-4-3-10-29(31)36-27(11-7-14-32(36)37)24-18-16-23(17-19-24)26-20-21-33-30(22-26)28-12-5-8-25-9-6-15-34(38-33)35(25)28/h3-22H,1-2H3. The smallest absolute Gasteiger partial charge is 0.135 e. The van der Waals surface area contributed by atoms with Gasteiger partial charge in [-0.3, -0.25) is 0 Å². The Balaban J connectivity index is 1.22. The number of fused-ring (bicyclic) bond motifs is 5. The minimum absolute atomic E-state index is 0.00849. The largest absolute Gasteiger partial charge is 0.456 e. The van der Waals surface area contributed by atoms with E-state index in [9.17, 15) is 0 Å². The van der Waals surface area contributed by atoms with Crippen LogP contribution in [0.5, 0.6) is 11.5 Å². The molecule has 1 heteroatoms. The van der Waals surface area contributed by atoms with Crippen molar-refractivity contribution in [1.82, 2.24) is 0 Å². The van der Waals surface area contributed by atoms with E-state index in [2.05, 4.69) is 135 Å². The number of ether oxygens (including phenoxy) is 1. The molecule has 0 saturated heterocycles. The van der Waals surface area contributed by atoms with Gasteiger partial charge >= 0.3 is 0 Å². The summed E-state index contributed by atoms with van der Waals surface area (Å²) < 4.78 is 6.31. The molecule has 6 aromatic carbocycles. The second-order valence-corrected chi connectivity index (χ2v) is 10.9. The van der Waals surface area contributed by atoms with Crippen molar-refractivity contribution in [3.05, 3.63) is 132 Å². The molecule has 0 saturated carbocycles. The molecular weight excluding hydrogens is 460 g/mol. The molecule has 0 aromatic heterocycles. The summed E-state index contributed by atoms with van der Waals surface area (Å²) >= 11 is 0. The summed E-state index contributed by atoms with van der Waals surface area (Å²) in [6, 6.07) is 44.0. The second-order valence-electron chi connectivity index (χ2n) is 10.9. The van der Waals surface area contributed by atoms with Crippen molar-refractivity contribution in [2.45, 2.75) is 19.3 Å². The van der Waals surface area contributed by atoms with Crippen molar-refractivity contribution in [2.24, 2.45) is 0 Å². The van der Waals surface area contributed by atoms with Gasteiger partial charge in [0, 0.05) is 16.4 Å². The Morgan fingerprint density at radius 1 is 0.474 bits per heavy atom. The zero-order valence-corrected chi connectivity index (χ0v) is 21.5. The van der Waals surface area contributed by atoms with Crippen LogP contribution < -0.4 is 4.74 Å². The Kier molecular flexibility index (Phi) is 4.35. The molecule has 0 bridgehead atoms. The van der Waals surface area contributed by atoms with Crippen LogP contribution in [0.3, 0.4) is 0 Å². The van der Waals surface area contributed by atoms with E-state index in [0.29, 0.717) is 0 Å². The van der Waals surface area contributed by atoms with Gasteiger partial charge in [0.05, 0.1) is 0 Å².